The van der Waals surface area contributed by atoms with Crippen molar-refractivity contribution in [2.24, 2.45) is 0 Å². The number of benzene rings is 1. The molecular weight excluding hydrogens is 252 g/mol. The summed E-state index contributed by atoms with van der Waals surface area (Å²) >= 11 is 0. The van der Waals surface area contributed by atoms with Crippen LogP contribution in [0.25, 0.3) is 0 Å². The lowest BCUT2D eigenvalue weighted by atomic mass is 9.98. The monoisotopic (exact) mass is 272 g/mol. The summed E-state index contributed by atoms with van der Waals surface area (Å²) in [4.78, 5) is 2.23. The second-order valence-electron chi connectivity index (χ2n) is 5.59. The van der Waals surface area contributed by atoms with Gasteiger partial charge in [0.25, 0.3) is 0 Å². The number of hydrogen-bond donors (Lipinski definition) is 0. The number of hydrogen-bond acceptors (Lipinski definition) is 4. The van der Waals surface area contributed by atoms with Gasteiger partial charge in [0.1, 0.15) is 6.04 Å². The van der Waals surface area contributed by atoms with E-state index in [4.69, 9.17) is 9.47 Å². The first kappa shape index (κ1) is 13.6. The molecular formula is C16H20N2O2. The van der Waals surface area contributed by atoms with E-state index < -0.39 is 0 Å². The van der Waals surface area contributed by atoms with Crippen LogP contribution in [0.3, 0.4) is 0 Å². The predicted molar refractivity (Wildman–Crippen MR) is 75.0 cm³/mol. The molecule has 4 nitrogen and oxygen atoms in total. The van der Waals surface area contributed by atoms with Crippen molar-refractivity contribution in [3.8, 4) is 6.07 Å². The lowest BCUT2D eigenvalue weighted by Crippen LogP contribution is -2.46. The van der Waals surface area contributed by atoms with Gasteiger partial charge < -0.3 is 9.47 Å². The van der Waals surface area contributed by atoms with Crippen molar-refractivity contribution in [2.45, 2.75) is 31.6 Å². The zero-order valence-electron chi connectivity index (χ0n) is 11.8. The molecule has 1 aromatic rings. The maximum atomic E-state index is 9.53. The lowest BCUT2D eigenvalue weighted by molar-refractivity contribution is -0.186. The molecule has 2 fully saturated rings. The first-order valence-electron chi connectivity index (χ1n) is 7.21. The van der Waals surface area contributed by atoms with Gasteiger partial charge in [-0.05, 0) is 12.5 Å². The number of piperidine rings is 1. The summed E-state index contributed by atoms with van der Waals surface area (Å²) in [6, 6.07) is 10.5. The highest BCUT2D eigenvalue weighted by Gasteiger charge is 2.41. The third-order valence-corrected chi connectivity index (χ3v) is 4.22. The van der Waals surface area contributed by atoms with E-state index in [0.29, 0.717) is 13.2 Å². The van der Waals surface area contributed by atoms with Crippen LogP contribution in [0.2, 0.25) is 0 Å². The molecule has 0 amide bonds. The molecule has 1 spiro atoms. The fraction of sp³-hybridized carbons (Fsp3) is 0.562. The van der Waals surface area contributed by atoms with Crippen LogP contribution in [0.5, 0.6) is 0 Å². The molecule has 106 valence electrons. The molecule has 20 heavy (non-hydrogen) atoms. The van der Waals surface area contributed by atoms with Gasteiger partial charge in [-0.25, -0.2) is 0 Å². The molecule has 2 saturated heterocycles. The van der Waals surface area contributed by atoms with E-state index in [-0.39, 0.29) is 11.8 Å². The van der Waals surface area contributed by atoms with Crippen molar-refractivity contribution >= 4 is 0 Å². The molecule has 1 unspecified atom stereocenters. The second-order valence-corrected chi connectivity index (χ2v) is 5.59. The zero-order valence-corrected chi connectivity index (χ0v) is 11.8. The summed E-state index contributed by atoms with van der Waals surface area (Å²) in [5.74, 6) is -0.372. The van der Waals surface area contributed by atoms with Gasteiger partial charge in [0.05, 0.1) is 19.3 Å². The molecule has 2 aliphatic heterocycles. The normalized spacial score (nSPS) is 23.6. The molecule has 0 aromatic heterocycles. The highest BCUT2D eigenvalue weighted by molar-refractivity contribution is 5.28. The molecule has 0 N–H and O–H groups in total. The Morgan fingerprint density at radius 2 is 1.95 bits per heavy atom. The van der Waals surface area contributed by atoms with Gasteiger partial charge >= 0.3 is 0 Å². The van der Waals surface area contributed by atoms with Gasteiger partial charge in [-0.2, -0.15) is 5.26 Å². The molecule has 0 saturated carbocycles. The van der Waals surface area contributed by atoms with Gasteiger partial charge in [-0.3, -0.25) is 4.90 Å². The minimum absolute atomic E-state index is 0.173. The van der Waals surface area contributed by atoms with E-state index in [9.17, 15) is 5.26 Å². The van der Waals surface area contributed by atoms with Crippen LogP contribution < -0.4 is 0 Å². The molecule has 1 atom stereocenters. The van der Waals surface area contributed by atoms with E-state index in [0.717, 1.165) is 31.5 Å². The van der Waals surface area contributed by atoms with E-state index in [1.54, 1.807) is 0 Å². The Morgan fingerprint density at radius 3 is 2.55 bits per heavy atom. The Kier molecular flexibility index (Phi) is 3.75. The Hall–Kier alpha value is -1.41. The maximum absolute atomic E-state index is 9.53. The number of nitrogens with zero attached hydrogens (tertiary/aromatic N) is 2. The smallest absolute Gasteiger partial charge is 0.170 e. The summed E-state index contributed by atoms with van der Waals surface area (Å²) in [6.07, 6.45) is 1.69. The largest absolute Gasteiger partial charge is 0.347 e. The third kappa shape index (κ3) is 2.57. The summed E-state index contributed by atoms with van der Waals surface area (Å²) in [5, 5.41) is 9.53. The van der Waals surface area contributed by atoms with Crippen LogP contribution in [-0.4, -0.2) is 37.0 Å². The molecule has 0 bridgehead atoms. The third-order valence-electron chi connectivity index (χ3n) is 4.22. The average Bonchev–Trinajstić information content (AvgIpc) is 2.91. The van der Waals surface area contributed by atoms with Gasteiger partial charge in [-0.15, -0.1) is 0 Å². The van der Waals surface area contributed by atoms with E-state index >= 15 is 0 Å². The first-order chi connectivity index (χ1) is 9.72. The SMILES string of the molecule is Cc1cccc(C(C#N)N2CCC3(CC2)OCCO3)c1. The van der Waals surface area contributed by atoms with Crippen LogP contribution in [0.1, 0.15) is 30.0 Å². The van der Waals surface area contributed by atoms with Gasteiger partial charge in [0, 0.05) is 25.9 Å². The summed E-state index contributed by atoms with van der Waals surface area (Å²) in [5.41, 5.74) is 2.27. The molecule has 2 aliphatic rings. The summed E-state index contributed by atoms with van der Waals surface area (Å²) < 4.78 is 11.5. The van der Waals surface area contributed by atoms with Crippen molar-refractivity contribution in [3.05, 3.63) is 35.4 Å². The summed E-state index contributed by atoms with van der Waals surface area (Å²) in [7, 11) is 0. The maximum Gasteiger partial charge on any atom is 0.170 e. The Labute approximate surface area is 119 Å². The van der Waals surface area contributed by atoms with Crippen molar-refractivity contribution in [1.82, 2.24) is 4.90 Å². The molecule has 0 radical (unpaired) electrons. The highest BCUT2D eigenvalue weighted by atomic mass is 16.7. The topological polar surface area (TPSA) is 45.5 Å². The highest BCUT2D eigenvalue weighted by Crippen LogP contribution is 2.34. The van der Waals surface area contributed by atoms with Crippen molar-refractivity contribution in [1.29, 1.82) is 5.26 Å². The lowest BCUT2D eigenvalue weighted by Gasteiger charge is -2.39. The predicted octanol–water partition coefficient (Wildman–Crippen LogP) is 2.40. The number of aryl methyl sites for hydroxylation is 1. The molecule has 2 heterocycles. The second kappa shape index (κ2) is 5.53. The van der Waals surface area contributed by atoms with Gasteiger partial charge in [0.15, 0.2) is 5.79 Å². The minimum Gasteiger partial charge on any atom is -0.347 e. The number of ether oxygens (including phenoxy) is 2. The first-order valence-corrected chi connectivity index (χ1v) is 7.21. The van der Waals surface area contributed by atoms with Crippen LogP contribution >= 0.6 is 0 Å². The van der Waals surface area contributed by atoms with Gasteiger partial charge in [0.2, 0.25) is 0 Å². The Balaban J connectivity index is 1.71. The van der Waals surface area contributed by atoms with Crippen LogP contribution in [0, 0.1) is 18.3 Å². The van der Waals surface area contributed by atoms with Crippen LogP contribution in [0.4, 0.5) is 0 Å². The van der Waals surface area contributed by atoms with Crippen molar-refractivity contribution in [3.63, 3.8) is 0 Å². The van der Waals surface area contributed by atoms with Gasteiger partial charge in [-0.1, -0.05) is 29.8 Å². The van der Waals surface area contributed by atoms with E-state index in [1.807, 2.05) is 12.1 Å². The zero-order chi connectivity index (χ0) is 14.0. The standard InChI is InChI=1S/C16H20N2O2/c1-13-3-2-4-14(11-13)15(12-17)18-7-5-16(6-8-18)19-9-10-20-16/h2-4,11,15H,5-10H2,1H3. The number of likely N-dealkylation sites (tertiary alicyclic amines) is 1. The van der Waals surface area contributed by atoms with E-state index in [2.05, 4.69) is 30.0 Å². The average molecular weight is 272 g/mol. The fourth-order valence-corrected chi connectivity index (χ4v) is 3.12. The minimum atomic E-state index is -0.372. The van der Waals surface area contributed by atoms with Crippen LogP contribution in [-0.2, 0) is 9.47 Å². The Morgan fingerprint density at radius 1 is 1.25 bits per heavy atom. The molecule has 3 rings (SSSR count). The number of rotatable bonds is 2. The number of nitriles is 1. The van der Waals surface area contributed by atoms with Crippen molar-refractivity contribution in [2.75, 3.05) is 26.3 Å². The quantitative estimate of drug-likeness (QED) is 0.829. The van der Waals surface area contributed by atoms with Crippen LogP contribution in [0.15, 0.2) is 24.3 Å². The molecule has 0 aliphatic carbocycles. The van der Waals surface area contributed by atoms with Crippen molar-refractivity contribution < 1.29 is 9.47 Å². The fourth-order valence-electron chi connectivity index (χ4n) is 3.12. The summed E-state index contributed by atoms with van der Waals surface area (Å²) in [6.45, 7) is 5.13. The van der Waals surface area contributed by atoms with E-state index in [1.165, 1.54) is 5.56 Å². The Bertz CT molecular complexity index is 507. The molecule has 1 aromatic carbocycles. The molecule has 4 heteroatoms.